The topological polar surface area (TPSA) is 59.6 Å². The van der Waals surface area contributed by atoms with Gasteiger partial charge in [0.05, 0.1) is 13.2 Å². The molecule has 0 aromatic heterocycles. The number of hydrogen-bond donors (Lipinski definition) is 2. The van der Waals surface area contributed by atoms with Gasteiger partial charge in [-0.3, -0.25) is 4.99 Å². The normalized spacial score (nSPS) is 16.4. The van der Waals surface area contributed by atoms with Crippen LogP contribution in [0, 0.1) is 0 Å². The molecule has 1 aliphatic carbocycles. The highest BCUT2D eigenvalue weighted by Gasteiger charge is 2.44. The molecule has 1 aromatic carbocycles. The third kappa shape index (κ3) is 4.79. The van der Waals surface area contributed by atoms with Gasteiger partial charge in [0.1, 0.15) is 0 Å². The zero-order valence-corrected chi connectivity index (χ0v) is 14.7. The Bertz CT molecular complexity index is 446. The van der Waals surface area contributed by atoms with Crippen LogP contribution in [0.4, 0.5) is 0 Å². The van der Waals surface area contributed by atoms with Gasteiger partial charge in [-0.1, -0.05) is 23.7 Å². The van der Waals surface area contributed by atoms with Crippen molar-refractivity contribution in [2.45, 2.75) is 18.3 Å². The lowest BCUT2D eigenvalue weighted by Crippen LogP contribution is -2.34. The molecule has 0 unspecified atom stereocenters. The number of hydrogen-bond acceptors (Lipinski definition) is 2. The van der Waals surface area contributed by atoms with Gasteiger partial charge in [-0.2, -0.15) is 0 Å². The number of rotatable bonds is 6. The molecule has 0 amide bonds. The first-order valence-corrected chi connectivity index (χ1v) is 6.83. The van der Waals surface area contributed by atoms with E-state index in [9.17, 15) is 0 Å². The predicted molar refractivity (Wildman–Crippen MR) is 94.1 cm³/mol. The number of halogens is 2. The third-order valence-corrected chi connectivity index (χ3v) is 3.73. The number of aliphatic imine (C=N–C) groups is 1. The van der Waals surface area contributed by atoms with E-state index in [4.69, 9.17) is 22.1 Å². The number of methoxy groups -OCH3 is 1. The quantitative estimate of drug-likeness (QED) is 0.328. The van der Waals surface area contributed by atoms with Gasteiger partial charge in [-0.25, -0.2) is 0 Å². The van der Waals surface area contributed by atoms with Crippen molar-refractivity contribution in [1.82, 2.24) is 5.32 Å². The monoisotopic (exact) mass is 409 g/mol. The molecule has 20 heavy (non-hydrogen) atoms. The highest BCUT2D eigenvalue weighted by atomic mass is 127. The number of benzene rings is 1. The van der Waals surface area contributed by atoms with Crippen LogP contribution in [-0.2, 0) is 10.2 Å². The van der Waals surface area contributed by atoms with Gasteiger partial charge in [0.15, 0.2) is 5.96 Å². The van der Waals surface area contributed by atoms with Crippen molar-refractivity contribution in [2.75, 3.05) is 26.8 Å². The average molecular weight is 410 g/mol. The molecule has 0 atom stereocenters. The number of guanidine groups is 1. The molecule has 6 heteroatoms. The van der Waals surface area contributed by atoms with Crippen molar-refractivity contribution in [1.29, 1.82) is 0 Å². The van der Waals surface area contributed by atoms with E-state index in [1.807, 2.05) is 12.1 Å². The lowest BCUT2D eigenvalue weighted by atomic mass is 9.96. The Hall–Kier alpha value is -0.530. The van der Waals surface area contributed by atoms with Crippen molar-refractivity contribution >= 4 is 41.5 Å². The summed E-state index contributed by atoms with van der Waals surface area (Å²) in [5, 5.41) is 3.79. The highest BCUT2D eigenvalue weighted by Crippen LogP contribution is 2.48. The molecule has 4 nitrogen and oxygen atoms in total. The van der Waals surface area contributed by atoms with Gasteiger partial charge in [-0.05, 0) is 30.5 Å². The average Bonchev–Trinajstić information content (AvgIpc) is 3.19. The summed E-state index contributed by atoms with van der Waals surface area (Å²) in [5.74, 6) is 0.484. The molecular weight excluding hydrogens is 389 g/mol. The number of nitrogens with two attached hydrogens (primary N) is 1. The zero-order valence-electron chi connectivity index (χ0n) is 11.6. The second-order valence-corrected chi connectivity index (χ2v) is 5.34. The molecule has 1 aromatic rings. The Labute approximate surface area is 142 Å². The summed E-state index contributed by atoms with van der Waals surface area (Å²) < 4.78 is 4.94. The fraction of sp³-hybridized carbons (Fsp3) is 0.500. The molecular formula is C14H21ClIN3O. The SMILES string of the molecule is COCCNC(N)=NCC1(c2ccc(Cl)cc2)CC1.I. The van der Waals surface area contributed by atoms with E-state index in [0.29, 0.717) is 19.1 Å². The molecule has 2 rings (SSSR count). The molecule has 1 saturated carbocycles. The molecule has 0 aliphatic heterocycles. The molecule has 0 bridgehead atoms. The lowest BCUT2D eigenvalue weighted by molar-refractivity contribution is 0.204. The van der Waals surface area contributed by atoms with Crippen LogP contribution in [0.25, 0.3) is 0 Å². The van der Waals surface area contributed by atoms with Crippen molar-refractivity contribution in [3.8, 4) is 0 Å². The Morgan fingerprint density at radius 2 is 2.05 bits per heavy atom. The molecule has 0 spiro atoms. The van der Waals surface area contributed by atoms with Gasteiger partial charge in [0.2, 0.25) is 0 Å². The number of nitrogens with zero attached hydrogens (tertiary/aromatic N) is 1. The van der Waals surface area contributed by atoms with Gasteiger partial charge in [0.25, 0.3) is 0 Å². The highest BCUT2D eigenvalue weighted by molar-refractivity contribution is 14.0. The van der Waals surface area contributed by atoms with Gasteiger partial charge in [0, 0.05) is 24.1 Å². The van der Waals surface area contributed by atoms with Crippen LogP contribution in [0.5, 0.6) is 0 Å². The number of ether oxygens (including phenoxy) is 1. The summed E-state index contributed by atoms with van der Waals surface area (Å²) in [5.41, 5.74) is 7.28. The van der Waals surface area contributed by atoms with Crippen molar-refractivity contribution < 1.29 is 4.74 Å². The second kappa shape index (κ2) is 8.05. The second-order valence-electron chi connectivity index (χ2n) is 4.91. The summed E-state index contributed by atoms with van der Waals surface area (Å²) in [4.78, 5) is 4.42. The van der Waals surface area contributed by atoms with E-state index in [-0.39, 0.29) is 29.4 Å². The zero-order chi connectivity index (χ0) is 13.7. The summed E-state index contributed by atoms with van der Waals surface area (Å²) in [6, 6.07) is 8.03. The molecule has 0 radical (unpaired) electrons. The summed E-state index contributed by atoms with van der Waals surface area (Å²) in [6.07, 6.45) is 2.31. The minimum Gasteiger partial charge on any atom is -0.383 e. The van der Waals surface area contributed by atoms with E-state index >= 15 is 0 Å². The molecule has 1 fully saturated rings. The largest absolute Gasteiger partial charge is 0.383 e. The maximum atomic E-state index is 5.91. The van der Waals surface area contributed by atoms with E-state index in [2.05, 4.69) is 22.4 Å². The maximum absolute atomic E-state index is 5.91. The van der Waals surface area contributed by atoms with Crippen LogP contribution in [0.15, 0.2) is 29.3 Å². The van der Waals surface area contributed by atoms with Crippen LogP contribution < -0.4 is 11.1 Å². The Kier molecular flexibility index (Phi) is 7.05. The van der Waals surface area contributed by atoms with E-state index in [1.165, 1.54) is 5.56 Å². The first-order chi connectivity index (χ1) is 9.16. The van der Waals surface area contributed by atoms with Gasteiger partial charge >= 0.3 is 0 Å². The summed E-state index contributed by atoms with van der Waals surface area (Å²) in [6.45, 7) is 2.03. The Morgan fingerprint density at radius 3 is 2.60 bits per heavy atom. The Morgan fingerprint density at radius 1 is 1.40 bits per heavy atom. The fourth-order valence-electron chi connectivity index (χ4n) is 2.07. The molecule has 3 N–H and O–H groups in total. The van der Waals surface area contributed by atoms with Crippen LogP contribution in [0.3, 0.4) is 0 Å². The standard InChI is InChI=1S/C14H20ClN3O.HI/c1-19-9-8-17-13(16)18-10-14(6-7-14)11-2-4-12(15)5-3-11;/h2-5H,6-10H2,1H3,(H3,16,17,18);1H. The van der Waals surface area contributed by atoms with Crippen LogP contribution in [0.1, 0.15) is 18.4 Å². The van der Waals surface area contributed by atoms with Crippen molar-refractivity contribution in [3.05, 3.63) is 34.9 Å². The van der Waals surface area contributed by atoms with Crippen molar-refractivity contribution in [2.24, 2.45) is 10.7 Å². The lowest BCUT2D eigenvalue weighted by Gasteiger charge is -2.14. The molecule has 0 heterocycles. The maximum Gasteiger partial charge on any atom is 0.188 e. The van der Waals surface area contributed by atoms with Crippen LogP contribution >= 0.6 is 35.6 Å². The molecule has 112 valence electrons. The van der Waals surface area contributed by atoms with E-state index < -0.39 is 0 Å². The van der Waals surface area contributed by atoms with E-state index in [0.717, 1.165) is 24.4 Å². The third-order valence-electron chi connectivity index (χ3n) is 3.47. The van der Waals surface area contributed by atoms with Crippen LogP contribution in [-0.4, -0.2) is 32.8 Å². The van der Waals surface area contributed by atoms with Crippen molar-refractivity contribution in [3.63, 3.8) is 0 Å². The Balaban J connectivity index is 0.00000200. The van der Waals surface area contributed by atoms with Crippen LogP contribution in [0.2, 0.25) is 5.02 Å². The fourth-order valence-corrected chi connectivity index (χ4v) is 2.19. The summed E-state index contributed by atoms with van der Waals surface area (Å²) >= 11 is 5.91. The summed E-state index contributed by atoms with van der Waals surface area (Å²) in [7, 11) is 1.66. The molecule has 1 aliphatic rings. The minimum absolute atomic E-state index is 0. The first kappa shape index (κ1) is 17.5. The number of nitrogens with one attached hydrogen (secondary N) is 1. The van der Waals surface area contributed by atoms with Gasteiger partial charge in [-0.15, -0.1) is 24.0 Å². The minimum atomic E-state index is 0. The van der Waals surface area contributed by atoms with Gasteiger partial charge < -0.3 is 15.8 Å². The molecule has 0 saturated heterocycles. The smallest absolute Gasteiger partial charge is 0.188 e. The first-order valence-electron chi connectivity index (χ1n) is 6.45. The predicted octanol–water partition coefficient (Wildman–Crippen LogP) is 2.54. The van der Waals surface area contributed by atoms with E-state index in [1.54, 1.807) is 7.11 Å².